The molecule has 0 aliphatic heterocycles. The first-order chi connectivity index (χ1) is 17.0. The van der Waals surface area contributed by atoms with Gasteiger partial charge in [0, 0.05) is 23.2 Å². The first-order valence-electron chi connectivity index (χ1n) is 11.5. The van der Waals surface area contributed by atoms with Gasteiger partial charge in [0.2, 0.25) is 0 Å². The molecule has 0 aliphatic carbocycles. The number of hydrogen-bond donors (Lipinski definition) is 3. The van der Waals surface area contributed by atoms with Gasteiger partial charge in [0.1, 0.15) is 18.4 Å². The number of hydrogen-bond acceptors (Lipinski definition) is 5. The van der Waals surface area contributed by atoms with E-state index in [1.54, 1.807) is 31.4 Å². The molecular formula is C29H30N2O4. The molecule has 1 atom stereocenters. The predicted octanol–water partition coefficient (Wildman–Crippen LogP) is 2.89. The molecule has 180 valence electrons. The third-order valence-electron chi connectivity index (χ3n) is 5.63. The number of ether oxygens (including phenoxy) is 1. The standard InChI is InChI=1S/C29H30N2O4/c1-35-26-17-13-22(14-18-26)4-2-3-21-5-7-23(8-6-21)9-10-24-11-15-25(16-12-24)29(34)31-27(19-30)28(33)20-32/h5-8,11-18,27,32H,2-4,19-20,30H2,1H3,(H,31,34)/t27-/m0/s1. The van der Waals surface area contributed by atoms with Crippen LogP contribution in [0.3, 0.4) is 0 Å². The van der Waals surface area contributed by atoms with Crippen molar-refractivity contribution in [1.29, 1.82) is 0 Å². The first-order valence-corrected chi connectivity index (χ1v) is 11.5. The van der Waals surface area contributed by atoms with Crippen LogP contribution in [0.5, 0.6) is 5.75 Å². The molecule has 0 radical (unpaired) electrons. The number of ketones is 1. The van der Waals surface area contributed by atoms with Gasteiger partial charge in [-0.05, 0) is 78.9 Å². The molecule has 0 saturated heterocycles. The van der Waals surface area contributed by atoms with Crippen LogP contribution >= 0.6 is 0 Å². The summed E-state index contributed by atoms with van der Waals surface area (Å²) in [6.07, 6.45) is 3.08. The van der Waals surface area contributed by atoms with Crippen molar-refractivity contribution in [2.75, 3.05) is 20.3 Å². The second-order valence-corrected chi connectivity index (χ2v) is 8.11. The quantitative estimate of drug-likeness (QED) is 0.396. The van der Waals surface area contributed by atoms with Gasteiger partial charge in [0.25, 0.3) is 5.91 Å². The number of carbonyl (C=O) groups is 2. The van der Waals surface area contributed by atoms with E-state index in [0.29, 0.717) is 5.56 Å². The Kier molecular flexibility index (Phi) is 9.61. The van der Waals surface area contributed by atoms with E-state index in [1.165, 1.54) is 11.1 Å². The lowest BCUT2D eigenvalue weighted by Gasteiger charge is -2.14. The number of carbonyl (C=O) groups excluding carboxylic acids is 2. The average Bonchev–Trinajstić information content (AvgIpc) is 2.91. The number of nitrogens with one attached hydrogen (secondary N) is 1. The van der Waals surface area contributed by atoms with E-state index in [-0.39, 0.29) is 6.54 Å². The summed E-state index contributed by atoms with van der Waals surface area (Å²) in [5.74, 6) is 6.17. The highest BCUT2D eigenvalue weighted by molar-refractivity contribution is 5.98. The van der Waals surface area contributed by atoms with Gasteiger partial charge in [-0.25, -0.2) is 0 Å². The zero-order valence-corrected chi connectivity index (χ0v) is 19.8. The van der Waals surface area contributed by atoms with E-state index in [1.807, 2.05) is 24.3 Å². The van der Waals surface area contributed by atoms with Crippen molar-refractivity contribution in [3.05, 3.63) is 101 Å². The van der Waals surface area contributed by atoms with Gasteiger partial charge in [-0.3, -0.25) is 9.59 Å². The number of aliphatic hydroxyl groups excluding tert-OH is 1. The SMILES string of the molecule is COc1ccc(CCCc2ccc(C#Cc3ccc(C(=O)N[C@@H](CN)C(=O)CO)cc3)cc2)cc1. The van der Waals surface area contributed by atoms with Gasteiger partial charge in [-0.1, -0.05) is 36.1 Å². The van der Waals surface area contributed by atoms with Gasteiger partial charge in [-0.2, -0.15) is 0 Å². The van der Waals surface area contributed by atoms with Crippen LogP contribution < -0.4 is 15.8 Å². The lowest BCUT2D eigenvalue weighted by atomic mass is 10.0. The highest BCUT2D eigenvalue weighted by Crippen LogP contribution is 2.14. The molecule has 0 heterocycles. The maximum atomic E-state index is 12.3. The Labute approximate surface area is 206 Å². The van der Waals surface area contributed by atoms with Crippen molar-refractivity contribution < 1.29 is 19.4 Å². The molecular weight excluding hydrogens is 440 g/mol. The second-order valence-electron chi connectivity index (χ2n) is 8.11. The number of aliphatic hydroxyl groups is 1. The van der Waals surface area contributed by atoms with Crippen LogP contribution in [-0.2, 0) is 17.6 Å². The Balaban J connectivity index is 1.51. The van der Waals surface area contributed by atoms with Crippen molar-refractivity contribution in [1.82, 2.24) is 5.32 Å². The molecule has 0 fully saturated rings. The molecule has 0 saturated carbocycles. The van der Waals surface area contributed by atoms with Crippen LogP contribution in [-0.4, -0.2) is 43.1 Å². The van der Waals surface area contributed by atoms with Gasteiger partial charge >= 0.3 is 0 Å². The second kappa shape index (κ2) is 13.1. The van der Waals surface area contributed by atoms with E-state index >= 15 is 0 Å². The van der Waals surface area contributed by atoms with Crippen LogP contribution in [0.2, 0.25) is 0 Å². The Morgan fingerprint density at radius 3 is 1.89 bits per heavy atom. The van der Waals surface area contributed by atoms with E-state index in [4.69, 9.17) is 15.6 Å². The summed E-state index contributed by atoms with van der Waals surface area (Å²) >= 11 is 0. The number of Topliss-reactive ketones (excluding diaryl/α,β-unsaturated/α-hetero) is 1. The number of amides is 1. The molecule has 0 bridgehead atoms. The smallest absolute Gasteiger partial charge is 0.251 e. The third kappa shape index (κ3) is 7.82. The summed E-state index contributed by atoms with van der Waals surface area (Å²) in [7, 11) is 1.67. The average molecular weight is 471 g/mol. The summed E-state index contributed by atoms with van der Waals surface area (Å²) < 4.78 is 5.20. The maximum Gasteiger partial charge on any atom is 0.251 e. The summed E-state index contributed by atoms with van der Waals surface area (Å²) in [5.41, 5.74) is 10.1. The van der Waals surface area contributed by atoms with Crippen LogP contribution in [0.15, 0.2) is 72.8 Å². The molecule has 0 spiro atoms. The Bertz CT molecular complexity index is 1170. The lowest BCUT2D eigenvalue weighted by Crippen LogP contribution is -2.46. The van der Waals surface area contributed by atoms with Gasteiger partial charge in [0.05, 0.1) is 7.11 Å². The van der Waals surface area contributed by atoms with Gasteiger partial charge in [-0.15, -0.1) is 0 Å². The zero-order valence-electron chi connectivity index (χ0n) is 19.8. The molecule has 35 heavy (non-hydrogen) atoms. The highest BCUT2D eigenvalue weighted by Gasteiger charge is 2.18. The van der Waals surface area contributed by atoms with Crippen LogP contribution in [0.4, 0.5) is 0 Å². The molecule has 1 amide bonds. The molecule has 3 aromatic carbocycles. The largest absolute Gasteiger partial charge is 0.497 e. The molecule has 4 N–H and O–H groups in total. The summed E-state index contributed by atoms with van der Waals surface area (Å²) in [6.45, 7) is -0.739. The summed E-state index contributed by atoms with van der Waals surface area (Å²) in [5, 5.41) is 11.5. The highest BCUT2D eigenvalue weighted by atomic mass is 16.5. The molecule has 0 aliphatic rings. The molecule has 6 heteroatoms. The Morgan fingerprint density at radius 2 is 1.40 bits per heavy atom. The van der Waals surface area contributed by atoms with E-state index in [2.05, 4.69) is 41.4 Å². The maximum absolute atomic E-state index is 12.3. The van der Waals surface area contributed by atoms with Crippen LogP contribution in [0, 0.1) is 11.8 Å². The zero-order chi connectivity index (χ0) is 25.0. The minimum atomic E-state index is -0.905. The molecule has 6 nitrogen and oxygen atoms in total. The molecule has 0 unspecified atom stereocenters. The molecule has 3 rings (SSSR count). The van der Waals surface area contributed by atoms with Gasteiger partial charge < -0.3 is 20.9 Å². The fraction of sp³-hybridized carbons (Fsp3) is 0.241. The minimum Gasteiger partial charge on any atom is -0.497 e. The van der Waals surface area contributed by atoms with Gasteiger partial charge in [0.15, 0.2) is 5.78 Å². The molecule has 0 aromatic heterocycles. The number of methoxy groups -OCH3 is 1. The monoisotopic (exact) mass is 470 g/mol. The van der Waals surface area contributed by atoms with Crippen LogP contribution in [0.1, 0.15) is 39.0 Å². The topological polar surface area (TPSA) is 102 Å². The van der Waals surface area contributed by atoms with Crippen molar-refractivity contribution in [3.63, 3.8) is 0 Å². The first kappa shape index (κ1) is 25.7. The Hall–Kier alpha value is -3.92. The number of rotatable bonds is 10. The van der Waals surface area contributed by atoms with Crippen molar-refractivity contribution >= 4 is 11.7 Å². The van der Waals surface area contributed by atoms with E-state index in [9.17, 15) is 9.59 Å². The number of aryl methyl sites for hydroxylation is 2. The lowest BCUT2D eigenvalue weighted by molar-refractivity contribution is -0.123. The van der Waals surface area contributed by atoms with Crippen molar-refractivity contribution in [2.24, 2.45) is 5.73 Å². The van der Waals surface area contributed by atoms with E-state index < -0.39 is 24.3 Å². The molecule has 3 aromatic rings. The van der Waals surface area contributed by atoms with E-state index in [0.717, 1.165) is 36.1 Å². The fourth-order valence-corrected chi connectivity index (χ4v) is 3.52. The van der Waals surface area contributed by atoms with Crippen LogP contribution in [0.25, 0.3) is 0 Å². The fourth-order valence-electron chi connectivity index (χ4n) is 3.52. The third-order valence-corrected chi connectivity index (χ3v) is 5.63. The number of nitrogens with two attached hydrogens (primary N) is 1. The normalized spacial score (nSPS) is 11.2. The summed E-state index contributed by atoms with van der Waals surface area (Å²) in [4.78, 5) is 23.9. The predicted molar refractivity (Wildman–Crippen MR) is 136 cm³/mol. The summed E-state index contributed by atoms with van der Waals surface area (Å²) in [6, 6.07) is 22.3. The Morgan fingerprint density at radius 1 is 0.886 bits per heavy atom. The minimum absolute atomic E-state index is 0.0733. The number of benzene rings is 3. The van der Waals surface area contributed by atoms with Crippen molar-refractivity contribution in [2.45, 2.75) is 25.3 Å². The van der Waals surface area contributed by atoms with Crippen molar-refractivity contribution in [3.8, 4) is 17.6 Å².